The van der Waals surface area contributed by atoms with Crippen LogP contribution >= 0.6 is 22.6 Å². The highest BCUT2D eigenvalue weighted by Gasteiger charge is 2.49. The summed E-state index contributed by atoms with van der Waals surface area (Å²) in [6, 6.07) is 7.70. The molecule has 12 heteroatoms. The first-order valence-electron chi connectivity index (χ1n) is 9.38. The molecule has 5 atom stereocenters. The number of ether oxygens (including phenoxy) is 2. The third-order valence-electron chi connectivity index (χ3n) is 5.09. The van der Waals surface area contributed by atoms with Crippen LogP contribution < -0.4 is 5.73 Å². The lowest BCUT2D eigenvalue weighted by molar-refractivity contribution is -0.169. The number of imidazole rings is 1. The van der Waals surface area contributed by atoms with Gasteiger partial charge in [0.15, 0.2) is 23.9 Å². The van der Waals surface area contributed by atoms with Gasteiger partial charge in [-0.25, -0.2) is 15.0 Å². The van der Waals surface area contributed by atoms with Gasteiger partial charge < -0.3 is 30.3 Å². The minimum atomic E-state index is -1.33. The molecule has 1 unspecified atom stereocenters. The van der Waals surface area contributed by atoms with Gasteiger partial charge in [0, 0.05) is 10.6 Å². The Morgan fingerprint density at radius 3 is 2.90 bits per heavy atom. The number of anilines is 1. The van der Waals surface area contributed by atoms with E-state index in [2.05, 4.69) is 37.5 Å². The zero-order valence-corrected chi connectivity index (χ0v) is 18.6. The molecule has 4 N–H and O–H groups in total. The second-order valence-corrected chi connectivity index (χ2v) is 8.40. The van der Waals surface area contributed by atoms with Crippen molar-refractivity contribution in [2.45, 2.75) is 37.4 Å². The summed E-state index contributed by atoms with van der Waals surface area (Å²) >= 11 is 2.20. The number of hydrogen-bond donors (Lipinski definition) is 3. The number of benzene rings is 1. The maximum atomic E-state index is 11.5. The summed E-state index contributed by atoms with van der Waals surface area (Å²) < 4.78 is 14.4. The van der Waals surface area contributed by atoms with Gasteiger partial charge in [-0.2, -0.15) is 0 Å². The molecule has 1 aliphatic heterocycles. The number of carbonyl (C=O) groups excluding carboxylic acids is 1. The van der Waals surface area contributed by atoms with Crippen LogP contribution in [-0.4, -0.2) is 72.6 Å². The highest BCUT2D eigenvalue weighted by atomic mass is 127. The molecule has 1 saturated heterocycles. The number of carbonyl (C=O) groups is 1. The Labute approximate surface area is 191 Å². The number of rotatable bonds is 7. The zero-order valence-electron chi connectivity index (χ0n) is 16.4. The molecule has 0 aliphatic carbocycles. The van der Waals surface area contributed by atoms with Crippen molar-refractivity contribution < 1.29 is 24.5 Å². The molecular weight excluding hydrogens is 519 g/mol. The van der Waals surface area contributed by atoms with Gasteiger partial charge in [-0.15, -0.1) is 0 Å². The number of halogens is 1. The van der Waals surface area contributed by atoms with Gasteiger partial charge in [0.25, 0.3) is 0 Å². The van der Waals surface area contributed by atoms with Crippen molar-refractivity contribution in [2.75, 3.05) is 12.8 Å². The third-order valence-corrected chi connectivity index (χ3v) is 5.77. The third kappa shape index (κ3) is 4.21. The Kier molecular flexibility index (Phi) is 6.34. The van der Waals surface area contributed by atoms with E-state index in [0.29, 0.717) is 17.6 Å². The van der Waals surface area contributed by atoms with Crippen molar-refractivity contribution in [3.05, 3.63) is 46.1 Å². The lowest BCUT2D eigenvalue weighted by Gasteiger charge is -2.31. The van der Waals surface area contributed by atoms with E-state index in [9.17, 15) is 15.0 Å². The number of amides is 1. The predicted octanol–water partition coefficient (Wildman–Crippen LogP) is 0.263. The fraction of sp³-hybridized carbons (Fsp3) is 0.368. The number of aromatic nitrogens is 4. The molecule has 1 aliphatic rings. The number of aliphatic hydroxyl groups is 2. The highest BCUT2D eigenvalue weighted by molar-refractivity contribution is 14.1. The first-order valence-corrected chi connectivity index (χ1v) is 10.5. The zero-order chi connectivity index (χ0) is 22.1. The minimum Gasteiger partial charge on any atom is -0.387 e. The fourth-order valence-corrected chi connectivity index (χ4v) is 4.13. The molecule has 3 heterocycles. The van der Waals surface area contributed by atoms with Gasteiger partial charge in [-0.05, 0) is 40.3 Å². The van der Waals surface area contributed by atoms with Crippen LogP contribution in [0.3, 0.4) is 0 Å². The number of likely N-dealkylation sites (N-methyl/N-ethyl adjacent to an activating group) is 1. The monoisotopic (exact) mass is 540 g/mol. The molecule has 0 bridgehead atoms. The van der Waals surface area contributed by atoms with Gasteiger partial charge in [0.2, 0.25) is 6.41 Å². The normalized spacial score (nSPS) is 24.4. The molecule has 1 aromatic carbocycles. The summed E-state index contributed by atoms with van der Waals surface area (Å²) in [6.45, 7) is 0.185. The molecule has 31 heavy (non-hydrogen) atoms. The Balaban J connectivity index is 1.58. The predicted molar refractivity (Wildman–Crippen MR) is 117 cm³/mol. The largest absolute Gasteiger partial charge is 0.387 e. The summed E-state index contributed by atoms with van der Waals surface area (Å²) in [5.41, 5.74) is 7.43. The van der Waals surface area contributed by atoms with Crippen molar-refractivity contribution in [2.24, 2.45) is 0 Å². The van der Waals surface area contributed by atoms with Crippen LogP contribution in [0, 0.1) is 3.57 Å². The molecule has 0 spiro atoms. The number of fused-ring (bicyclic) bond motifs is 1. The lowest BCUT2D eigenvalue weighted by Crippen LogP contribution is -2.48. The first-order chi connectivity index (χ1) is 14.9. The van der Waals surface area contributed by atoms with Gasteiger partial charge in [0.05, 0.1) is 12.9 Å². The summed E-state index contributed by atoms with van der Waals surface area (Å²) in [4.78, 5) is 24.9. The Hall–Kier alpha value is -2.39. The Morgan fingerprint density at radius 1 is 1.35 bits per heavy atom. The van der Waals surface area contributed by atoms with E-state index in [1.54, 1.807) is 0 Å². The van der Waals surface area contributed by atoms with Crippen LogP contribution in [-0.2, 0) is 20.9 Å². The van der Waals surface area contributed by atoms with E-state index >= 15 is 0 Å². The molecule has 1 fully saturated rings. The second-order valence-electron chi connectivity index (χ2n) is 7.16. The molecule has 0 radical (unpaired) electrons. The number of nitrogens with two attached hydrogens (primary N) is 1. The van der Waals surface area contributed by atoms with Crippen molar-refractivity contribution in [1.82, 2.24) is 24.4 Å². The molecule has 4 rings (SSSR count). The molecule has 0 saturated carbocycles. The van der Waals surface area contributed by atoms with Crippen molar-refractivity contribution in [1.29, 1.82) is 0 Å². The average molecular weight is 540 g/mol. The number of aliphatic hydroxyl groups excluding tert-OH is 2. The maximum Gasteiger partial charge on any atom is 0.211 e. The number of nitrogens with zero attached hydrogens (tertiary/aromatic N) is 5. The van der Waals surface area contributed by atoms with Crippen LogP contribution in [0.2, 0.25) is 0 Å². The topological polar surface area (TPSA) is 149 Å². The van der Waals surface area contributed by atoms with E-state index in [4.69, 9.17) is 15.2 Å². The van der Waals surface area contributed by atoms with Crippen molar-refractivity contribution in [3.63, 3.8) is 0 Å². The fourth-order valence-electron chi connectivity index (χ4n) is 3.52. The van der Waals surface area contributed by atoms with E-state index in [1.807, 2.05) is 24.3 Å². The standard InChI is InChI=1S/C19H21IN6O5/c1-25(9-27)19(30-6-10-3-2-4-11(20)5-10)15-13(28)14(29)18(31-15)26-8-24-12-16(21)22-7-23-17(12)26/h2-5,7-9,13-15,18-19,28-29H,6H2,1H3,(H2,21,22,23)/t13-,14+,15-,18+,19?/m0/s1. The molecule has 164 valence electrons. The Bertz CT molecular complexity index is 1080. The number of hydrogen-bond acceptors (Lipinski definition) is 9. The van der Waals surface area contributed by atoms with Crippen LogP contribution in [0.5, 0.6) is 0 Å². The van der Waals surface area contributed by atoms with Gasteiger partial charge in [-0.1, -0.05) is 12.1 Å². The number of nitrogen functional groups attached to an aromatic ring is 1. The maximum absolute atomic E-state index is 11.5. The van der Waals surface area contributed by atoms with Crippen molar-refractivity contribution >= 4 is 46.0 Å². The average Bonchev–Trinajstić information content (AvgIpc) is 3.31. The van der Waals surface area contributed by atoms with Crippen LogP contribution in [0.4, 0.5) is 5.82 Å². The van der Waals surface area contributed by atoms with E-state index < -0.39 is 30.8 Å². The van der Waals surface area contributed by atoms with Crippen LogP contribution in [0.15, 0.2) is 36.9 Å². The Morgan fingerprint density at radius 2 is 2.16 bits per heavy atom. The highest BCUT2D eigenvalue weighted by Crippen LogP contribution is 2.34. The van der Waals surface area contributed by atoms with Gasteiger partial charge in [0.1, 0.15) is 30.2 Å². The van der Waals surface area contributed by atoms with Gasteiger partial charge in [-0.3, -0.25) is 9.36 Å². The van der Waals surface area contributed by atoms with E-state index in [-0.39, 0.29) is 12.4 Å². The molecule has 3 aromatic rings. The molecular formula is C19H21IN6O5. The van der Waals surface area contributed by atoms with Crippen LogP contribution in [0.1, 0.15) is 11.8 Å². The van der Waals surface area contributed by atoms with E-state index in [1.165, 1.54) is 29.2 Å². The summed E-state index contributed by atoms with van der Waals surface area (Å²) in [5, 5.41) is 21.4. The smallest absolute Gasteiger partial charge is 0.211 e. The molecule has 11 nitrogen and oxygen atoms in total. The lowest BCUT2D eigenvalue weighted by atomic mass is 10.1. The summed E-state index contributed by atoms with van der Waals surface area (Å²) in [5.74, 6) is 0.188. The summed E-state index contributed by atoms with van der Waals surface area (Å²) in [6.07, 6.45) is -2.36. The first kappa shape index (κ1) is 21.8. The minimum absolute atomic E-state index is 0.185. The summed E-state index contributed by atoms with van der Waals surface area (Å²) in [7, 11) is 1.52. The second kappa shape index (κ2) is 9.00. The van der Waals surface area contributed by atoms with Crippen molar-refractivity contribution in [3.8, 4) is 0 Å². The van der Waals surface area contributed by atoms with Crippen LogP contribution in [0.25, 0.3) is 11.2 Å². The SMILES string of the molecule is CN(C=O)C(OCc1cccc(I)c1)[C@H]1O[C@@H](n2cnc3c(N)ncnc32)[C@H](O)[C@@H]1O. The molecule has 1 amide bonds. The quantitative estimate of drug-likeness (QED) is 0.218. The van der Waals surface area contributed by atoms with Gasteiger partial charge >= 0.3 is 0 Å². The van der Waals surface area contributed by atoms with E-state index in [0.717, 1.165) is 9.13 Å². The molecule has 2 aromatic heterocycles.